The van der Waals surface area contributed by atoms with Crippen LogP contribution in [0.1, 0.15) is 20.3 Å². The van der Waals surface area contributed by atoms with Gasteiger partial charge in [-0.25, -0.2) is 13.1 Å². The minimum Gasteiger partial charge on any atom is -0.483 e. The molecule has 30 heavy (non-hydrogen) atoms. The van der Waals surface area contributed by atoms with Gasteiger partial charge in [0, 0.05) is 5.56 Å². The molecule has 2 aromatic carbocycles. The summed E-state index contributed by atoms with van der Waals surface area (Å²) < 4.78 is 30.9. The zero-order valence-corrected chi connectivity index (χ0v) is 18.0. The van der Waals surface area contributed by atoms with Crippen LogP contribution in [0.2, 0.25) is 0 Å². The summed E-state index contributed by atoms with van der Waals surface area (Å²) in [5, 5.41) is 0. The van der Waals surface area contributed by atoms with E-state index in [0.29, 0.717) is 12.2 Å². The highest BCUT2D eigenvalue weighted by Crippen LogP contribution is 2.29. The maximum absolute atomic E-state index is 12.3. The first-order chi connectivity index (χ1) is 14.2. The molecule has 9 heteroatoms. The lowest BCUT2D eigenvalue weighted by Crippen LogP contribution is -2.55. The van der Waals surface area contributed by atoms with Crippen molar-refractivity contribution in [1.29, 1.82) is 0 Å². The normalized spacial score (nSPS) is 13.2. The molecule has 0 aliphatic carbocycles. The highest BCUT2D eigenvalue weighted by molar-refractivity contribution is 7.88. The standard InChI is InChI=1S/C21H27N3O5S/c1-4-15(2)20(24-30(3,27)28)21(26)23-22-19(25)14-29-18-13-9-8-12-17(18)16-10-6-5-7-11-16/h5-13,15,20,24H,4,14H2,1-3H3,(H,22,25)(H,23,26)/t15-,20+/m0/s1. The molecular weight excluding hydrogens is 406 g/mol. The molecule has 2 atom stereocenters. The van der Waals surface area contributed by atoms with Gasteiger partial charge < -0.3 is 4.74 Å². The summed E-state index contributed by atoms with van der Waals surface area (Å²) in [4.78, 5) is 24.5. The number of rotatable bonds is 9. The number of benzene rings is 2. The molecule has 0 radical (unpaired) electrons. The highest BCUT2D eigenvalue weighted by Gasteiger charge is 2.27. The largest absolute Gasteiger partial charge is 0.483 e. The second-order valence-electron chi connectivity index (χ2n) is 6.94. The van der Waals surface area contributed by atoms with Crippen molar-refractivity contribution in [3.8, 4) is 16.9 Å². The van der Waals surface area contributed by atoms with Gasteiger partial charge >= 0.3 is 0 Å². The lowest BCUT2D eigenvalue weighted by molar-refractivity contribution is -0.131. The zero-order valence-electron chi connectivity index (χ0n) is 17.2. The van der Waals surface area contributed by atoms with Crippen LogP contribution in [0.5, 0.6) is 5.75 Å². The molecule has 162 valence electrons. The van der Waals surface area contributed by atoms with E-state index in [0.717, 1.165) is 17.4 Å². The molecule has 0 saturated heterocycles. The van der Waals surface area contributed by atoms with Gasteiger partial charge in [0.2, 0.25) is 10.0 Å². The maximum Gasteiger partial charge on any atom is 0.276 e. The molecule has 3 N–H and O–H groups in total. The zero-order chi connectivity index (χ0) is 22.1. The Morgan fingerprint density at radius 3 is 2.27 bits per heavy atom. The second-order valence-corrected chi connectivity index (χ2v) is 8.72. The van der Waals surface area contributed by atoms with E-state index in [1.54, 1.807) is 19.1 Å². The number of para-hydroxylation sites is 1. The van der Waals surface area contributed by atoms with Crippen molar-refractivity contribution in [2.24, 2.45) is 5.92 Å². The van der Waals surface area contributed by atoms with Crippen molar-refractivity contribution in [3.05, 3.63) is 54.6 Å². The van der Waals surface area contributed by atoms with Crippen LogP contribution < -0.4 is 20.3 Å². The number of hydrogen-bond acceptors (Lipinski definition) is 5. The quantitative estimate of drug-likeness (QED) is 0.522. The van der Waals surface area contributed by atoms with E-state index >= 15 is 0 Å². The first-order valence-corrected chi connectivity index (χ1v) is 11.4. The summed E-state index contributed by atoms with van der Waals surface area (Å²) in [6.45, 7) is 3.26. The van der Waals surface area contributed by atoms with Crippen LogP contribution in [0.25, 0.3) is 11.1 Å². The van der Waals surface area contributed by atoms with Crippen molar-refractivity contribution in [2.75, 3.05) is 12.9 Å². The topological polar surface area (TPSA) is 114 Å². The Labute approximate surface area is 177 Å². The van der Waals surface area contributed by atoms with Gasteiger partial charge in [0.05, 0.1) is 6.26 Å². The van der Waals surface area contributed by atoms with Gasteiger partial charge in [-0.05, 0) is 17.5 Å². The van der Waals surface area contributed by atoms with Crippen molar-refractivity contribution in [1.82, 2.24) is 15.6 Å². The molecule has 0 aliphatic heterocycles. The van der Waals surface area contributed by atoms with Gasteiger partial charge in [-0.15, -0.1) is 0 Å². The Kier molecular flexibility index (Phi) is 8.37. The van der Waals surface area contributed by atoms with E-state index in [2.05, 4.69) is 15.6 Å². The third-order valence-corrected chi connectivity index (χ3v) is 5.17. The average Bonchev–Trinajstić information content (AvgIpc) is 2.74. The molecule has 0 spiro atoms. The van der Waals surface area contributed by atoms with Gasteiger partial charge in [0.15, 0.2) is 6.61 Å². The minimum absolute atomic E-state index is 0.259. The Hall–Kier alpha value is -2.91. The molecule has 0 unspecified atom stereocenters. The first-order valence-electron chi connectivity index (χ1n) is 9.54. The number of carbonyl (C=O) groups is 2. The van der Waals surface area contributed by atoms with Gasteiger partial charge in [0.1, 0.15) is 11.8 Å². The van der Waals surface area contributed by atoms with Crippen LogP contribution in [0.4, 0.5) is 0 Å². The molecule has 2 rings (SSSR count). The summed E-state index contributed by atoms with van der Waals surface area (Å²) in [6.07, 6.45) is 1.56. The number of hydrazine groups is 1. The van der Waals surface area contributed by atoms with Crippen LogP contribution in [-0.2, 0) is 19.6 Å². The number of amides is 2. The fourth-order valence-electron chi connectivity index (χ4n) is 2.73. The minimum atomic E-state index is -3.59. The van der Waals surface area contributed by atoms with E-state index in [4.69, 9.17) is 4.74 Å². The Morgan fingerprint density at radius 1 is 1.00 bits per heavy atom. The predicted molar refractivity (Wildman–Crippen MR) is 115 cm³/mol. The van der Waals surface area contributed by atoms with Crippen molar-refractivity contribution >= 4 is 21.8 Å². The first kappa shape index (κ1) is 23.4. The van der Waals surface area contributed by atoms with Gasteiger partial charge in [-0.3, -0.25) is 20.4 Å². The Morgan fingerprint density at radius 2 is 1.63 bits per heavy atom. The lowest BCUT2D eigenvalue weighted by atomic mass is 10.00. The smallest absolute Gasteiger partial charge is 0.276 e. The highest BCUT2D eigenvalue weighted by atomic mass is 32.2. The van der Waals surface area contributed by atoms with Crippen LogP contribution in [0.3, 0.4) is 0 Å². The molecule has 8 nitrogen and oxygen atoms in total. The van der Waals surface area contributed by atoms with Gasteiger partial charge in [-0.2, -0.15) is 0 Å². The van der Waals surface area contributed by atoms with Crippen molar-refractivity contribution in [2.45, 2.75) is 26.3 Å². The summed E-state index contributed by atoms with van der Waals surface area (Å²) in [5.41, 5.74) is 6.30. The van der Waals surface area contributed by atoms with E-state index < -0.39 is 27.9 Å². The van der Waals surface area contributed by atoms with E-state index in [1.807, 2.05) is 49.4 Å². The lowest BCUT2D eigenvalue weighted by Gasteiger charge is -2.22. The van der Waals surface area contributed by atoms with Gasteiger partial charge in [0.25, 0.3) is 11.8 Å². The third kappa shape index (κ3) is 7.16. The molecule has 0 aliphatic rings. The monoisotopic (exact) mass is 433 g/mol. The van der Waals surface area contributed by atoms with E-state index in [9.17, 15) is 18.0 Å². The fraction of sp³-hybridized carbons (Fsp3) is 0.333. The number of nitrogens with one attached hydrogen (secondary N) is 3. The van der Waals surface area contributed by atoms with Crippen LogP contribution in [-0.4, -0.2) is 39.1 Å². The van der Waals surface area contributed by atoms with Crippen LogP contribution in [0, 0.1) is 5.92 Å². The molecule has 2 aromatic rings. The van der Waals surface area contributed by atoms with Gasteiger partial charge in [-0.1, -0.05) is 68.8 Å². The molecule has 0 heterocycles. The summed E-state index contributed by atoms with van der Waals surface area (Å²) in [5.74, 6) is -0.951. The average molecular weight is 434 g/mol. The number of carbonyl (C=O) groups excluding carboxylic acids is 2. The van der Waals surface area contributed by atoms with Crippen LogP contribution >= 0.6 is 0 Å². The fourth-order valence-corrected chi connectivity index (χ4v) is 3.53. The molecule has 2 amide bonds. The maximum atomic E-state index is 12.3. The number of sulfonamides is 1. The SMILES string of the molecule is CC[C@H](C)[C@@H](NS(C)(=O)=O)C(=O)NNC(=O)COc1ccccc1-c1ccccc1. The molecule has 0 aromatic heterocycles. The second kappa shape index (κ2) is 10.7. The molecule has 0 bridgehead atoms. The predicted octanol–water partition coefficient (Wildman–Crippen LogP) is 1.84. The van der Waals surface area contributed by atoms with Crippen molar-refractivity contribution in [3.63, 3.8) is 0 Å². The Bertz CT molecular complexity index is 964. The van der Waals surface area contributed by atoms with Crippen LogP contribution in [0.15, 0.2) is 54.6 Å². The summed E-state index contributed by atoms with van der Waals surface area (Å²) in [7, 11) is -3.59. The molecule has 0 fully saturated rings. The number of ether oxygens (including phenoxy) is 1. The van der Waals surface area contributed by atoms with E-state index in [-0.39, 0.29) is 12.5 Å². The number of hydrogen-bond donors (Lipinski definition) is 3. The third-order valence-electron chi connectivity index (χ3n) is 4.49. The van der Waals surface area contributed by atoms with E-state index in [1.165, 1.54) is 0 Å². The Balaban J connectivity index is 1.95. The van der Waals surface area contributed by atoms with Crippen molar-refractivity contribution < 1.29 is 22.7 Å². The summed E-state index contributed by atoms with van der Waals surface area (Å²) >= 11 is 0. The summed E-state index contributed by atoms with van der Waals surface area (Å²) in [6, 6.07) is 15.9. The molecular formula is C21H27N3O5S. The molecule has 0 saturated carbocycles.